The molecule has 0 saturated carbocycles. The van der Waals surface area contributed by atoms with Gasteiger partial charge in [0, 0.05) is 13.1 Å². The van der Waals surface area contributed by atoms with Crippen LogP contribution in [0.15, 0.2) is 24.3 Å². The monoisotopic (exact) mass is 254 g/mol. The third-order valence-electron chi connectivity index (χ3n) is 3.15. The Bertz CT molecular complexity index is 375. The number of amides is 1. The topological polar surface area (TPSA) is 41.1 Å². The zero-order chi connectivity index (χ0) is 11.4. The van der Waals surface area contributed by atoms with Gasteiger partial charge in [0.25, 0.3) is 0 Å². The lowest BCUT2D eigenvalue weighted by Crippen LogP contribution is -2.31. The number of halogens is 1. The second-order valence-electron chi connectivity index (χ2n) is 4.33. The Hall–Kier alpha value is -1.06. The van der Waals surface area contributed by atoms with E-state index >= 15 is 0 Å². The molecule has 2 rings (SSSR count). The molecule has 1 aromatic carbocycles. The average molecular weight is 255 g/mol. The van der Waals surface area contributed by atoms with Gasteiger partial charge in [0.1, 0.15) is 0 Å². The maximum absolute atomic E-state index is 11.8. The minimum absolute atomic E-state index is 0. The van der Waals surface area contributed by atoms with Crippen LogP contribution in [0.25, 0.3) is 0 Å². The van der Waals surface area contributed by atoms with Crippen LogP contribution in [0.2, 0.25) is 0 Å². The molecular formula is C13H19ClN2O. The summed E-state index contributed by atoms with van der Waals surface area (Å²) in [4.78, 5) is 11.8. The molecule has 1 amide bonds. The van der Waals surface area contributed by atoms with Crippen LogP contribution in [0.3, 0.4) is 0 Å². The van der Waals surface area contributed by atoms with Crippen molar-refractivity contribution in [1.29, 1.82) is 0 Å². The normalized spacial score (nSPS) is 18.5. The highest BCUT2D eigenvalue weighted by molar-refractivity contribution is 5.85. The molecule has 1 saturated heterocycles. The molecule has 0 aromatic heterocycles. The van der Waals surface area contributed by atoms with E-state index in [1.54, 1.807) is 0 Å². The summed E-state index contributed by atoms with van der Waals surface area (Å²) in [6.45, 7) is 4.49. The molecule has 1 fully saturated rings. The summed E-state index contributed by atoms with van der Waals surface area (Å²) in [6, 6.07) is 8.15. The van der Waals surface area contributed by atoms with Gasteiger partial charge in [-0.05, 0) is 31.0 Å². The van der Waals surface area contributed by atoms with E-state index in [9.17, 15) is 4.79 Å². The fourth-order valence-corrected chi connectivity index (χ4v) is 2.01. The van der Waals surface area contributed by atoms with E-state index < -0.39 is 0 Å². The van der Waals surface area contributed by atoms with Crippen LogP contribution >= 0.6 is 12.4 Å². The minimum Gasteiger partial charge on any atom is -0.352 e. The van der Waals surface area contributed by atoms with E-state index in [-0.39, 0.29) is 24.2 Å². The maximum atomic E-state index is 11.8. The quantitative estimate of drug-likeness (QED) is 0.861. The Morgan fingerprint density at radius 2 is 2.24 bits per heavy atom. The zero-order valence-corrected chi connectivity index (χ0v) is 10.8. The van der Waals surface area contributed by atoms with Crippen molar-refractivity contribution in [2.75, 3.05) is 13.1 Å². The number of benzene rings is 1. The Kier molecular flexibility index (Phi) is 5.45. The van der Waals surface area contributed by atoms with Crippen molar-refractivity contribution < 1.29 is 4.79 Å². The van der Waals surface area contributed by atoms with Gasteiger partial charge in [-0.3, -0.25) is 4.79 Å². The Balaban J connectivity index is 0.00000144. The molecule has 3 nitrogen and oxygen atoms in total. The molecule has 94 valence electrons. The number of hydrogen-bond acceptors (Lipinski definition) is 2. The summed E-state index contributed by atoms with van der Waals surface area (Å²) < 4.78 is 0. The molecule has 1 aromatic rings. The molecule has 0 radical (unpaired) electrons. The van der Waals surface area contributed by atoms with Crippen molar-refractivity contribution in [3.63, 3.8) is 0 Å². The van der Waals surface area contributed by atoms with Crippen LogP contribution in [0.1, 0.15) is 17.5 Å². The smallest absolute Gasteiger partial charge is 0.224 e. The van der Waals surface area contributed by atoms with Gasteiger partial charge in [0.15, 0.2) is 0 Å². The molecule has 0 bridgehead atoms. The first-order valence-electron chi connectivity index (χ1n) is 5.80. The number of rotatable bonds is 3. The third kappa shape index (κ3) is 3.72. The molecule has 2 N–H and O–H groups in total. The third-order valence-corrected chi connectivity index (χ3v) is 3.15. The van der Waals surface area contributed by atoms with E-state index in [0.29, 0.717) is 6.54 Å². The summed E-state index contributed by atoms with van der Waals surface area (Å²) in [7, 11) is 0. The van der Waals surface area contributed by atoms with Gasteiger partial charge < -0.3 is 10.6 Å². The van der Waals surface area contributed by atoms with Gasteiger partial charge in [-0.1, -0.05) is 24.3 Å². The van der Waals surface area contributed by atoms with E-state index in [1.807, 2.05) is 12.1 Å². The molecule has 0 aliphatic carbocycles. The largest absolute Gasteiger partial charge is 0.352 e. The van der Waals surface area contributed by atoms with Gasteiger partial charge in [-0.25, -0.2) is 0 Å². The van der Waals surface area contributed by atoms with Gasteiger partial charge in [-0.15, -0.1) is 12.4 Å². The first-order chi connectivity index (χ1) is 7.77. The molecule has 1 aliphatic rings. The predicted octanol–water partition coefficient (Wildman–Crippen LogP) is 1.64. The molecule has 1 atom stereocenters. The fourth-order valence-electron chi connectivity index (χ4n) is 2.01. The Morgan fingerprint density at radius 3 is 2.88 bits per heavy atom. The molecule has 0 spiro atoms. The lowest BCUT2D eigenvalue weighted by Gasteiger charge is -2.11. The first-order valence-corrected chi connectivity index (χ1v) is 5.80. The highest BCUT2D eigenvalue weighted by atomic mass is 35.5. The van der Waals surface area contributed by atoms with Gasteiger partial charge >= 0.3 is 0 Å². The highest BCUT2D eigenvalue weighted by Gasteiger charge is 2.21. The second-order valence-corrected chi connectivity index (χ2v) is 4.33. The Labute approximate surface area is 108 Å². The van der Waals surface area contributed by atoms with Crippen molar-refractivity contribution in [2.24, 2.45) is 5.92 Å². The maximum Gasteiger partial charge on any atom is 0.224 e. The zero-order valence-electron chi connectivity index (χ0n) is 10.0. The predicted molar refractivity (Wildman–Crippen MR) is 71.3 cm³/mol. The van der Waals surface area contributed by atoms with E-state index in [4.69, 9.17) is 0 Å². The summed E-state index contributed by atoms with van der Waals surface area (Å²) in [5.41, 5.74) is 2.43. The van der Waals surface area contributed by atoms with Crippen LogP contribution in [0.5, 0.6) is 0 Å². The van der Waals surface area contributed by atoms with Gasteiger partial charge in [0.2, 0.25) is 5.91 Å². The molecule has 1 heterocycles. The minimum atomic E-state index is 0. The number of aryl methyl sites for hydroxylation is 1. The average Bonchev–Trinajstić information content (AvgIpc) is 2.81. The van der Waals surface area contributed by atoms with Crippen LogP contribution in [-0.2, 0) is 11.3 Å². The molecule has 17 heavy (non-hydrogen) atoms. The molecule has 4 heteroatoms. The number of carbonyl (C=O) groups is 1. The summed E-state index contributed by atoms with van der Waals surface area (Å²) in [5, 5.41) is 6.20. The van der Waals surface area contributed by atoms with E-state index in [2.05, 4.69) is 29.7 Å². The van der Waals surface area contributed by atoms with Crippen LogP contribution in [0, 0.1) is 12.8 Å². The summed E-state index contributed by atoms with van der Waals surface area (Å²) >= 11 is 0. The van der Waals surface area contributed by atoms with Crippen LogP contribution in [-0.4, -0.2) is 19.0 Å². The first kappa shape index (κ1) is 14.0. The lowest BCUT2D eigenvalue weighted by atomic mass is 10.1. The SMILES string of the molecule is Cc1ccccc1CNC(=O)C1CCNC1.Cl. The number of nitrogens with one attached hydrogen (secondary N) is 2. The van der Waals surface area contributed by atoms with Crippen molar-refractivity contribution in [3.05, 3.63) is 35.4 Å². The van der Waals surface area contributed by atoms with E-state index in [1.165, 1.54) is 11.1 Å². The highest BCUT2D eigenvalue weighted by Crippen LogP contribution is 2.09. The number of hydrogen-bond donors (Lipinski definition) is 2. The molecule has 1 aliphatic heterocycles. The standard InChI is InChI=1S/C13H18N2O.ClH/c1-10-4-2-3-5-11(10)9-15-13(16)12-6-7-14-8-12;/h2-5,12,14H,6-9H2,1H3,(H,15,16);1H. The Morgan fingerprint density at radius 1 is 1.47 bits per heavy atom. The second kappa shape index (κ2) is 6.62. The van der Waals surface area contributed by atoms with Crippen molar-refractivity contribution in [2.45, 2.75) is 19.9 Å². The van der Waals surface area contributed by atoms with Crippen molar-refractivity contribution in [3.8, 4) is 0 Å². The molecular weight excluding hydrogens is 236 g/mol. The van der Waals surface area contributed by atoms with Crippen molar-refractivity contribution >= 4 is 18.3 Å². The van der Waals surface area contributed by atoms with Crippen LogP contribution in [0.4, 0.5) is 0 Å². The summed E-state index contributed by atoms with van der Waals surface area (Å²) in [5.74, 6) is 0.331. The lowest BCUT2D eigenvalue weighted by molar-refractivity contribution is -0.124. The summed E-state index contributed by atoms with van der Waals surface area (Å²) in [6.07, 6.45) is 0.958. The fraction of sp³-hybridized carbons (Fsp3) is 0.462. The molecule has 1 unspecified atom stereocenters. The number of carbonyl (C=O) groups excluding carboxylic acids is 1. The van der Waals surface area contributed by atoms with E-state index in [0.717, 1.165) is 19.5 Å². The van der Waals surface area contributed by atoms with Crippen molar-refractivity contribution in [1.82, 2.24) is 10.6 Å². The van der Waals surface area contributed by atoms with Gasteiger partial charge in [-0.2, -0.15) is 0 Å². The van der Waals surface area contributed by atoms with Crippen LogP contribution < -0.4 is 10.6 Å². The van der Waals surface area contributed by atoms with Gasteiger partial charge in [0.05, 0.1) is 5.92 Å².